The van der Waals surface area contributed by atoms with Gasteiger partial charge < -0.3 is 30.9 Å². The first-order valence-electron chi connectivity index (χ1n) is 18.7. The minimum absolute atomic E-state index is 0.0498. The molecule has 4 N–H and O–H groups in total. The number of fused-ring (bicyclic) bond motifs is 1. The molecule has 0 aliphatic carbocycles. The maximum atomic E-state index is 14.1. The summed E-state index contributed by atoms with van der Waals surface area (Å²) in [6.07, 6.45) is -1.43. The monoisotopic (exact) mass is 807 g/mol. The maximum absolute atomic E-state index is 14.1. The number of amides is 7. The van der Waals surface area contributed by atoms with Gasteiger partial charge in [0.1, 0.15) is 41.1 Å². The molecule has 5 unspecified atom stereocenters. The quantitative estimate of drug-likeness (QED) is 0.0854. The molecule has 0 bridgehead atoms. The Kier molecular flexibility index (Phi) is 16.4. The molecule has 0 saturated carbocycles. The maximum Gasteiger partial charge on any atom is 0.445 e. The minimum Gasteiger partial charge on any atom is -0.488 e. The van der Waals surface area contributed by atoms with Gasteiger partial charge in [-0.25, -0.2) is 4.79 Å². The molecule has 1 aliphatic rings. The van der Waals surface area contributed by atoms with Crippen LogP contribution in [0.25, 0.3) is 0 Å². The standard InChI is InChI=1S/C39H50N8O11/c1-21(2)19-28(42-38(54)34(23(5)58-25-13-10-9-11-14-25)43-37(53)33(22(3)4)40-24(6)48)35(51)41-27(17-18-31(50)45(7)8)30(49)20-46-39(55)26-15-12-16-29(47(56)57)32(26)36(52)44-46/h9-16,21-23,27-28,33-34H,17-20H2,1-8H3,(H3-,40,41,42,43,48,51,53,54)/p+1. The van der Waals surface area contributed by atoms with Crippen LogP contribution in [-0.4, -0.2) is 113 Å². The SMILES string of the molecule is CC(=O)NC(C(=O)NC(C(=O)NC(CC(C)C)C(=O)NC(CCC(=O)N(C)C)C(=O)C[N+]1=NC(=O)c2c(cccc2[N+](=O)[O-])C1=O)C(C)Oc1ccccc1)C(C)C. The molecule has 0 spiro atoms. The van der Waals surface area contributed by atoms with Gasteiger partial charge in [0.2, 0.25) is 41.9 Å². The summed E-state index contributed by atoms with van der Waals surface area (Å²) in [6, 6.07) is 6.78. The summed E-state index contributed by atoms with van der Waals surface area (Å²) in [5.74, 6) is -6.30. The van der Waals surface area contributed by atoms with E-state index in [1.165, 1.54) is 38.1 Å². The van der Waals surface area contributed by atoms with E-state index in [9.17, 15) is 48.5 Å². The third kappa shape index (κ3) is 12.6. The largest absolute Gasteiger partial charge is 0.488 e. The number of nitro groups is 1. The van der Waals surface area contributed by atoms with Crippen LogP contribution in [0.3, 0.4) is 0 Å². The molecule has 19 heteroatoms. The molecule has 1 heterocycles. The van der Waals surface area contributed by atoms with Gasteiger partial charge in [0.05, 0.1) is 11.0 Å². The number of Topliss-reactive ketones (excluding diaryl/α,β-unsaturated/α-hetero) is 1. The number of hydrogen-bond donors (Lipinski definition) is 4. The zero-order valence-electron chi connectivity index (χ0n) is 33.8. The van der Waals surface area contributed by atoms with Gasteiger partial charge >= 0.3 is 11.8 Å². The van der Waals surface area contributed by atoms with Crippen LogP contribution in [0.4, 0.5) is 5.69 Å². The van der Waals surface area contributed by atoms with E-state index in [1.54, 1.807) is 65.0 Å². The van der Waals surface area contributed by atoms with E-state index in [0.717, 1.165) is 6.07 Å². The van der Waals surface area contributed by atoms with E-state index in [2.05, 4.69) is 26.4 Å². The van der Waals surface area contributed by atoms with Crippen LogP contribution in [0.15, 0.2) is 53.6 Å². The van der Waals surface area contributed by atoms with Crippen LogP contribution >= 0.6 is 0 Å². The molecule has 0 radical (unpaired) electrons. The number of nitro benzene ring substituents is 1. The Balaban J connectivity index is 1.93. The van der Waals surface area contributed by atoms with Crippen LogP contribution in [0, 0.1) is 22.0 Å². The van der Waals surface area contributed by atoms with Gasteiger partial charge in [0, 0.05) is 38.6 Å². The lowest BCUT2D eigenvalue weighted by atomic mass is 9.99. The smallest absolute Gasteiger partial charge is 0.445 e. The normalized spacial score (nSPS) is 14.8. The van der Waals surface area contributed by atoms with Gasteiger partial charge in [-0.3, -0.25) is 43.7 Å². The molecule has 19 nitrogen and oxygen atoms in total. The van der Waals surface area contributed by atoms with E-state index in [0.29, 0.717) is 10.4 Å². The Labute approximate surface area is 335 Å². The van der Waals surface area contributed by atoms with Crippen molar-refractivity contribution in [2.45, 2.75) is 91.1 Å². The summed E-state index contributed by atoms with van der Waals surface area (Å²) in [7, 11) is 2.99. The van der Waals surface area contributed by atoms with Gasteiger partial charge in [0.15, 0.2) is 0 Å². The van der Waals surface area contributed by atoms with Gasteiger partial charge in [0.25, 0.3) is 5.69 Å². The number of benzene rings is 2. The van der Waals surface area contributed by atoms with Crippen LogP contribution in [0.1, 0.15) is 81.5 Å². The Morgan fingerprint density at radius 1 is 0.828 bits per heavy atom. The first-order chi connectivity index (χ1) is 27.2. The molecule has 0 aromatic heterocycles. The first-order valence-corrected chi connectivity index (χ1v) is 18.7. The summed E-state index contributed by atoms with van der Waals surface area (Å²) in [5, 5.41) is 25.6. The molecular formula is C39H51N8O11+. The van der Waals surface area contributed by atoms with E-state index in [4.69, 9.17) is 4.74 Å². The fraction of sp³-hybridized carbons (Fsp3) is 0.487. The van der Waals surface area contributed by atoms with Gasteiger partial charge in [-0.2, -0.15) is 0 Å². The van der Waals surface area contributed by atoms with E-state index >= 15 is 0 Å². The molecule has 58 heavy (non-hydrogen) atoms. The molecule has 2 aromatic rings. The van der Waals surface area contributed by atoms with Gasteiger partial charge in [-0.15, -0.1) is 0 Å². The number of hydrogen-bond acceptors (Lipinski definition) is 11. The average Bonchev–Trinajstić information content (AvgIpc) is 3.15. The highest BCUT2D eigenvalue weighted by atomic mass is 16.6. The van der Waals surface area contributed by atoms with Crippen LogP contribution in [-0.2, 0) is 28.8 Å². The van der Waals surface area contributed by atoms with Crippen molar-refractivity contribution in [1.29, 1.82) is 0 Å². The lowest BCUT2D eigenvalue weighted by Crippen LogP contribution is -2.61. The zero-order chi connectivity index (χ0) is 43.4. The molecule has 0 saturated heterocycles. The second-order valence-corrected chi connectivity index (χ2v) is 14.8. The molecule has 3 rings (SSSR count). The van der Waals surface area contributed by atoms with Crippen molar-refractivity contribution in [2.75, 3.05) is 20.6 Å². The second kappa shape index (κ2) is 20.7. The van der Waals surface area contributed by atoms with E-state index in [1.807, 2.05) is 0 Å². The third-order valence-electron chi connectivity index (χ3n) is 9.05. The average molecular weight is 808 g/mol. The van der Waals surface area contributed by atoms with Crippen molar-refractivity contribution < 1.29 is 52.7 Å². The van der Waals surface area contributed by atoms with Crippen molar-refractivity contribution in [2.24, 2.45) is 17.0 Å². The molecule has 7 amide bonds. The van der Waals surface area contributed by atoms with Crippen molar-refractivity contribution in [3.8, 4) is 5.75 Å². The van der Waals surface area contributed by atoms with Crippen LogP contribution < -0.4 is 26.0 Å². The number of nitrogens with one attached hydrogen (secondary N) is 4. The van der Waals surface area contributed by atoms with Gasteiger partial charge in [-0.1, -0.05) is 52.0 Å². The molecule has 5 atom stereocenters. The highest BCUT2D eigenvalue weighted by Crippen LogP contribution is 2.27. The molecule has 1 aliphatic heterocycles. The van der Waals surface area contributed by atoms with Crippen LogP contribution in [0.5, 0.6) is 5.75 Å². The van der Waals surface area contributed by atoms with Crippen LogP contribution in [0.2, 0.25) is 0 Å². The summed E-state index contributed by atoms with van der Waals surface area (Å²) in [6.45, 7) is 8.95. The fourth-order valence-corrected chi connectivity index (χ4v) is 6.02. The number of nitrogens with zero attached hydrogens (tertiary/aromatic N) is 4. The highest BCUT2D eigenvalue weighted by molar-refractivity contribution is 6.10. The summed E-state index contributed by atoms with van der Waals surface area (Å²) in [5.41, 5.74) is -1.50. The number of carbonyl (C=O) groups excluding carboxylic acids is 8. The lowest BCUT2D eigenvalue weighted by Gasteiger charge is -2.30. The first kappa shape index (κ1) is 46.0. The van der Waals surface area contributed by atoms with E-state index in [-0.39, 0.29) is 42.6 Å². The molecular weight excluding hydrogens is 756 g/mol. The fourth-order valence-electron chi connectivity index (χ4n) is 6.02. The molecule has 2 aromatic carbocycles. The number of rotatable bonds is 20. The number of carbonyl (C=O) groups is 8. The topological polar surface area (TPSA) is 256 Å². The summed E-state index contributed by atoms with van der Waals surface area (Å²) >= 11 is 0. The molecule has 312 valence electrons. The minimum atomic E-state index is -1.44. The highest BCUT2D eigenvalue weighted by Gasteiger charge is 2.42. The Bertz CT molecular complexity index is 1950. The van der Waals surface area contributed by atoms with Crippen molar-refractivity contribution in [1.82, 2.24) is 26.2 Å². The predicted octanol–water partition coefficient (Wildman–Crippen LogP) is 1.92. The van der Waals surface area contributed by atoms with Gasteiger partial charge in [-0.05, 0) is 54.5 Å². The second-order valence-electron chi connectivity index (χ2n) is 14.8. The lowest BCUT2D eigenvalue weighted by molar-refractivity contribution is -0.483. The van der Waals surface area contributed by atoms with Crippen molar-refractivity contribution in [3.63, 3.8) is 0 Å². The third-order valence-corrected chi connectivity index (χ3v) is 9.05. The zero-order valence-corrected chi connectivity index (χ0v) is 33.8. The summed E-state index contributed by atoms with van der Waals surface area (Å²) < 4.78 is 6.54. The Hall–Kier alpha value is -6.40. The summed E-state index contributed by atoms with van der Waals surface area (Å²) in [4.78, 5) is 118. The number of ether oxygens (including phenoxy) is 1. The molecule has 0 fully saturated rings. The predicted molar refractivity (Wildman–Crippen MR) is 206 cm³/mol. The number of para-hydroxylation sites is 1. The van der Waals surface area contributed by atoms with E-state index < -0.39 is 94.2 Å². The van der Waals surface area contributed by atoms with Crippen molar-refractivity contribution >= 4 is 52.8 Å². The van der Waals surface area contributed by atoms with Crippen molar-refractivity contribution in [3.05, 3.63) is 69.8 Å². The Morgan fingerprint density at radius 3 is 2.02 bits per heavy atom. The number of azo groups is 2. The number of ketones is 1. The Morgan fingerprint density at radius 2 is 1.45 bits per heavy atom.